The number of amides is 1. The van der Waals surface area contributed by atoms with Gasteiger partial charge in [-0.3, -0.25) is 9.59 Å². The zero-order valence-electron chi connectivity index (χ0n) is 21.3. The van der Waals surface area contributed by atoms with Gasteiger partial charge < -0.3 is 24.8 Å². The number of fused-ring (bicyclic) bond motifs is 1. The predicted molar refractivity (Wildman–Crippen MR) is 140 cm³/mol. The largest absolute Gasteiger partial charge is 0.416 e. The van der Waals surface area contributed by atoms with Crippen molar-refractivity contribution in [1.82, 2.24) is 24.5 Å². The van der Waals surface area contributed by atoms with Crippen molar-refractivity contribution in [2.45, 2.75) is 26.1 Å². The van der Waals surface area contributed by atoms with Crippen LogP contribution >= 0.6 is 11.6 Å². The molecule has 2 aromatic heterocycles. The third-order valence-electron chi connectivity index (χ3n) is 6.95. The molecule has 39 heavy (non-hydrogen) atoms. The second-order valence-corrected chi connectivity index (χ2v) is 10.2. The molecule has 2 aliphatic heterocycles. The summed E-state index contributed by atoms with van der Waals surface area (Å²) in [5.74, 6) is -0.107. The van der Waals surface area contributed by atoms with Crippen molar-refractivity contribution < 1.29 is 22.7 Å². The van der Waals surface area contributed by atoms with Gasteiger partial charge in [0.15, 0.2) is 5.82 Å². The first kappa shape index (κ1) is 27.2. The number of carbonyl (C=O) groups is 1. The molecule has 1 aromatic carbocycles. The molecule has 0 radical (unpaired) electrons. The van der Waals surface area contributed by atoms with E-state index in [2.05, 4.69) is 20.7 Å². The van der Waals surface area contributed by atoms with Gasteiger partial charge in [-0.1, -0.05) is 24.6 Å². The van der Waals surface area contributed by atoms with E-state index >= 15 is 0 Å². The van der Waals surface area contributed by atoms with Gasteiger partial charge >= 0.3 is 6.18 Å². The Balaban J connectivity index is 1.52. The Kier molecular flexibility index (Phi) is 7.16. The van der Waals surface area contributed by atoms with Gasteiger partial charge in [-0.15, -0.1) is 5.10 Å². The molecular weight excluding hydrogens is 539 g/mol. The number of rotatable bonds is 8. The molecule has 208 valence electrons. The van der Waals surface area contributed by atoms with Crippen LogP contribution in [-0.2, 0) is 28.7 Å². The number of nitrogens with one attached hydrogen (secondary N) is 2. The molecule has 10 nitrogen and oxygen atoms in total. The van der Waals surface area contributed by atoms with Gasteiger partial charge in [0.1, 0.15) is 12.2 Å². The topological polar surface area (TPSA) is 106 Å². The van der Waals surface area contributed by atoms with Crippen molar-refractivity contribution in [1.29, 1.82) is 0 Å². The summed E-state index contributed by atoms with van der Waals surface area (Å²) in [5, 5.41) is 9.97. The fourth-order valence-electron chi connectivity index (χ4n) is 5.02. The molecule has 4 heterocycles. The minimum absolute atomic E-state index is 0.0387. The molecule has 0 atom stereocenters. The first-order valence-electron chi connectivity index (χ1n) is 12.4. The summed E-state index contributed by atoms with van der Waals surface area (Å²) in [5.41, 5.74) is 0.00664. The maximum Gasteiger partial charge on any atom is 0.416 e. The average Bonchev–Trinajstić information content (AvgIpc) is 3.25. The van der Waals surface area contributed by atoms with Crippen molar-refractivity contribution in [3.63, 3.8) is 0 Å². The van der Waals surface area contributed by atoms with E-state index in [0.29, 0.717) is 37.5 Å². The molecule has 0 aliphatic carbocycles. The van der Waals surface area contributed by atoms with Crippen LogP contribution < -0.4 is 21.1 Å². The van der Waals surface area contributed by atoms with E-state index in [9.17, 15) is 22.8 Å². The van der Waals surface area contributed by atoms with Crippen LogP contribution in [0.3, 0.4) is 0 Å². The molecule has 1 spiro atoms. The van der Waals surface area contributed by atoms with E-state index in [0.717, 1.165) is 31.3 Å². The van der Waals surface area contributed by atoms with Crippen LogP contribution in [0.15, 0.2) is 29.1 Å². The van der Waals surface area contributed by atoms with Gasteiger partial charge in [-0.25, -0.2) is 0 Å². The fraction of sp³-hybridized carbons (Fsp3) is 0.440. The highest BCUT2D eigenvalue weighted by Crippen LogP contribution is 2.38. The van der Waals surface area contributed by atoms with Crippen molar-refractivity contribution in [3.05, 3.63) is 56.7 Å². The molecular formula is C25H27ClF3N7O3. The quantitative estimate of drug-likeness (QED) is 0.433. The molecule has 0 saturated carbocycles. The smallest absolute Gasteiger partial charge is 0.381 e. The van der Waals surface area contributed by atoms with E-state index in [1.807, 2.05) is 11.8 Å². The van der Waals surface area contributed by atoms with Crippen molar-refractivity contribution in [2.24, 2.45) is 5.41 Å². The lowest BCUT2D eigenvalue weighted by Gasteiger charge is -2.57. The molecule has 0 unspecified atom stereocenters. The Morgan fingerprint density at radius 3 is 2.64 bits per heavy atom. The van der Waals surface area contributed by atoms with Gasteiger partial charge in [0.25, 0.3) is 5.56 Å². The molecule has 0 bridgehead atoms. The molecule has 1 amide bonds. The average molecular weight is 566 g/mol. The highest BCUT2D eigenvalue weighted by molar-refractivity contribution is 6.33. The van der Waals surface area contributed by atoms with E-state index in [1.165, 1.54) is 4.52 Å². The number of alkyl halides is 3. The number of benzene rings is 1. The number of aromatic nitrogens is 4. The van der Waals surface area contributed by atoms with Crippen LogP contribution in [0.2, 0.25) is 5.02 Å². The molecule has 5 rings (SSSR count). The van der Waals surface area contributed by atoms with Crippen LogP contribution in [0.1, 0.15) is 24.0 Å². The van der Waals surface area contributed by atoms with Crippen molar-refractivity contribution in [2.75, 3.05) is 50.1 Å². The summed E-state index contributed by atoms with van der Waals surface area (Å²) in [4.78, 5) is 33.3. The van der Waals surface area contributed by atoms with Crippen molar-refractivity contribution in [3.8, 4) is 0 Å². The van der Waals surface area contributed by atoms with Crippen LogP contribution in [0, 0.1) is 5.41 Å². The number of methoxy groups -OCH3 is 1. The van der Waals surface area contributed by atoms with Crippen LogP contribution in [0.25, 0.3) is 11.9 Å². The number of hydrogen-bond donors (Lipinski definition) is 2. The maximum absolute atomic E-state index is 13.6. The molecule has 3 aromatic rings. The molecule has 2 saturated heterocycles. The third kappa shape index (κ3) is 5.13. The second kappa shape index (κ2) is 10.3. The zero-order valence-corrected chi connectivity index (χ0v) is 22.1. The normalized spacial score (nSPS) is 16.6. The van der Waals surface area contributed by atoms with Gasteiger partial charge in [0, 0.05) is 38.7 Å². The minimum atomic E-state index is -4.56. The van der Waals surface area contributed by atoms with Gasteiger partial charge in [0.05, 0.1) is 28.6 Å². The first-order valence-corrected chi connectivity index (χ1v) is 12.7. The number of carbonyl (C=O) groups excluding carboxylic acids is 1. The van der Waals surface area contributed by atoms with E-state index in [4.69, 9.17) is 16.3 Å². The number of halogens is 4. The Morgan fingerprint density at radius 2 is 2.05 bits per heavy atom. The van der Waals surface area contributed by atoms with Gasteiger partial charge in [-0.05, 0) is 30.7 Å². The molecule has 2 fully saturated rings. The van der Waals surface area contributed by atoms with E-state index in [-0.39, 0.29) is 39.8 Å². The second-order valence-electron chi connectivity index (χ2n) is 9.78. The Bertz CT molecular complexity index is 1500. The van der Waals surface area contributed by atoms with E-state index in [1.54, 1.807) is 23.8 Å². The number of hydrogen-bond acceptors (Lipinski definition) is 7. The third-order valence-corrected chi connectivity index (χ3v) is 7.26. The SMILES string of the molecule is CCc1c(N2CC3(CNC3)C2)c(=O)n2nc(/C=C/COC)nc2n1CC(=O)Nc1ccc(C(F)(F)F)cc1Cl. The summed E-state index contributed by atoms with van der Waals surface area (Å²) in [6, 6.07) is 2.72. The number of nitrogens with zero attached hydrogens (tertiary/aromatic N) is 5. The molecule has 2 aliphatic rings. The lowest BCUT2D eigenvalue weighted by Crippen LogP contribution is -2.72. The highest BCUT2D eigenvalue weighted by Gasteiger charge is 2.49. The van der Waals surface area contributed by atoms with Crippen LogP contribution in [-0.4, -0.2) is 65.0 Å². The first-order chi connectivity index (χ1) is 18.5. The Labute approximate surface area is 226 Å². The van der Waals surface area contributed by atoms with Crippen LogP contribution in [0.4, 0.5) is 24.5 Å². The summed E-state index contributed by atoms with van der Waals surface area (Å²) < 4.78 is 46.9. The molecule has 2 N–H and O–H groups in total. The summed E-state index contributed by atoms with van der Waals surface area (Å²) >= 11 is 6.04. The number of ether oxygens (including phenoxy) is 1. The van der Waals surface area contributed by atoms with Crippen molar-refractivity contribution >= 4 is 40.7 Å². The maximum atomic E-state index is 13.6. The Hall–Kier alpha value is -3.42. The van der Waals surface area contributed by atoms with Gasteiger partial charge in [0.2, 0.25) is 11.7 Å². The zero-order chi connectivity index (χ0) is 27.9. The summed E-state index contributed by atoms with van der Waals surface area (Å²) in [6.45, 7) is 5.12. The predicted octanol–water partition coefficient (Wildman–Crippen LogP) is 2.83. The van der Waals surface area contributed by atoms with E-state index < -0.39 is 17.6 Å². The van der Waals surface area contributed by atoms with Crippen LogP contribution in [0.5, 0.6) is 0 Å². The lowest BCUT2D eigenvalue weighted by atomic mass is 9.74. The number of anilines is 2. The Morgan fingerprint density at radius 1 is 1.31 bits per heavy atom. The summed E-state index contributed by atoms with van der Waals surface area (Å²) in [7, 11) is 1.55. The highest BCUT2D eigenvalue weighted by atomic mass is 35.5. The van der Waals surface area contributed by atoms with Gasteiger partial charge in [-0.2, -0.15) is 22.7 Å². The molecule has 14 heteroatoms. The minimum Gasteiger partial charge on any atom is -0.381 e. The fourth-order valence-corrected chi connectivity index (χ4v) is 5.24. The lowest BCUT2D eigenvalue weighted by molar-refractivity contribution is -0.137. The monoisotopic (exact) mass is 565 g/mol. The summed E-state index contributed by atoms with van der Waals surface area (Å²) in [6.07, 6.45) is -0.813. The standard InChI is InChI=1S/C25H27ClF3N7O3/c1-3-18-21(34-13-24(14-34)11-30-12-24)22(38)36-23(32-19(33-36)5-4-8-39-2)35(18)10-20(37)31-17-7-6-15(9-16(17)26)25(27,28)29/h4-7,9,30H,3,8,10-14H2,1-2H3,(H,31,37)/b5-4+.